The Labute approximate surface area is 292 Å². The highest BCUT2D eigenvalue weighted by molar-refractivity contribution is 5.87. The van der Waals surface area contributed by atoms with E-state index in [0.717, 1.165) is 50.2 Å². The van der Waals surface area contributed by atoms with Gasteiger partial charge in [0.1, 0.15) is 11.4 Å². The van der Waals surface area contributed by atoms with Gasteiger partial charge in [-0.25, -0.2) is 24.9 Å². The molecule has 0 fully saturated rings. The molecule has 0 N–H and O–H groups in total. The predicted molar refractivity (Wildman–Crippen MR) is 202 cm³/mol. The molecule has 6 aromatic carbocycles. The van der Waals surface area contributed by atoms with Crippen LogP contribution in [-0.2, 0) is 0 Å². The highest BCUT2D eigenvalue weighted by Crippen LogP contribution is 2.35. The van der Waals surface area contributed by atoms with Gasteiger partial charge in [-0.2, -0.15) is 0 Å². The fourth-order valence-electron chi connectivity index (χ4n) is 6.86. The van der Waals surface area contributed by atoms with Crippen molar-refractivity contribution in [1.29, 1.82) is 0 Å². The van der Waals surface area contributed by atoms with Crippen LogP contribution in [0.25, 0.3) is 84.8 Å². The van der Waals surface area contributed by atoms with Gasteiger partial charge in [-0.3, -0.25) is 13.7 Å². The van der Waals surface area contributed by atoms with Crippen LogP contribution in [0.5, 0.6) is 0 Å². The zero-order chi connectivity index (χ0) is 33.7. The molecule has 0 atom stereocenters. The summed E-state index contributed by atoms with van der Waals surface area (Å²) in [5, 5.41) is 0. The van der Waals surface area contributed by atoms with E-state index in [9.17, 15) is 0 Å². The van der Waals surface area contributed by atoms with Crippen LogP contribution in [-0.4, -0.2) is 38.6 Å². The molecule has 0 unspecified atom stereocenters. The van der Waals surface area contributed by atoms with Crippen LogP contribution >= 0.6 is 0 Å². The topological polar surface area (TPSA) is 79.2 Å². The number of aromatic nitrogens is 8. The quantitative estimate of drug-likeness (QED) is 0.178. The summed E-state index contributed by atoms with van der Waals surface area (Å²) in [5.41, 5.74) is 9.72. The minimum Gasteiger partial charge on any atom is -0.291 e. The maximum absolute atomic E-state index is 5.30. The first kappa shape index (κ1) is 28.8. The fourth-order valence-corrected chi connectivity index (χ4v) is 6.86. The van der Waals surface area contributed by atoms with Crippen LogP contribution in [0.15, 0.2) is 170 Å². The number of para-hydroxylation sites is 9. The smallest absolute Gasteiger partial charge is 0.197 e. The summed E-state index contributed by atoms with van der Waals surface area (Å²) in [6.07, 6.45) is 0. The monoisotopic (exact) mass is 656 g/mol. The lowest BCUT2D eigenvalue weighted by Crippen LogP contribution is -2.06. The van der Waals surface area contributed by atoms with Crippen molar-refractivity contribution in [3.63, 3.8) is 0 Å². The molecule has 0 saturated carbocycles. The molecule has 4 aromatic heterocycles. The van der Waals surface area contributed by atoms with Crippen LogP contribution in [0, 0.1) is 0 Å². The molecule has 10 aromatic rings. The zero-order valence-electron chi connectivity index (χ0n) is 27.2. The number of imidazole rings is 3. The second kappa shape index (κ2) is 11.7. The van der Waals surface area contributed by atoms with E-state index < -0.39 is 0 Å². The second-order valence-corrected chi connectivity index (χ2v) is 12.2. The maximum Gasteiger partial charge on any atom is 0.197 e. The summed E-state index contributed by atoms with van der Waals surface area (Å²) in [6.45, 7) is 0. The predicted octanol–water partition coefficient (Wildman–Crippen LogP) is 9.49. The third-order valence-electron chi connectivity index (χ3n) is 9.11. The standard InChI is InChI=1S/C43H28N8/c1-4-16-29(17-5-1)49-37-25-13-10-22-32(37)46-41(49)35-28-36(42-47-33-23-11-14-26-38(33)50(42)30-18-6-2-7-19-30)45-40(44-35)43-48-34-24-12-15-27-39(34)51(43)31-20-8-3-9-21-31/h1-28H. The van der Waals surface area contributed by atoms with Crippen molar-refractivity contribution in [2.24, 2.45) is 0 Å². The summed E-state index contributed by atoms with van der Waals surface area (Å²) >= 11 is 0. The van der Waals surface area contributed by atoms with Gasteiger partial charge in [-0.05, 0) is 78.9 Å². The van der Waals surface area contributed by atoms with Crippen LogP contribution in [0.2, 0.25) is 0 Å². The molecule has 240 valence electrons. The molecule has 0 aliphatic carbocycles. The van der Waals surface area contributed by atoms with Crippen molar-refractivity contribution in [2.75, 3.05) is 0 Å². The van der Waals surface area contributed by atoms with Crippen molar-refractivity contribution in [3.8, 4) is 51.7 Å². The van der Waals surface area contributed by atoms with E-state index in [2.05, 4.69) is 68.3 Å². The Morgan fingerprint density at radius 1 is 0.294 bits per heavy atom. The first-order valence-electron chi connectivity index (χ1n) is 16.8. The van der Waals surface area contributed by atoms with Gasteiger partial charge in [-0.15, -0.1) is 0 Å². The van der Waals surface area contributed by atoms with E-state index in [1.807, 2.05) is 115 Å². The molecule has 10 rings (SSSR count). The lowest BCUT2D eigenvalue weighted by molar-refractivity contribution is 1.01. The number of nitrogens with zero attached hydrogens (tertiary/aromatic N) is 8. The third kappa shape index (κ3) is 4.81. The van der Waals surface area contributed by atoms with E-state index in [0.29, 0.717) is 34.7 Å². The number of hydrogen-bond acceptors (Lipinski definition) is 5. The number of fused-ring (bicyclic) bond motifs is 3. The largest absolute Gasteiger partial charge is 0.291 e. The Balaban J connectivity index is 1.31. The van der Waals surface area contributed by atoms with Crippen LogP contribution in [0.1, 0.15) is 0 Å². The first-order chi connectivity index (χ1) is 25.3. The summed E-state index contributed by atoms with van der Waals surface area (Å²) in [4.78, 5) is 26.2. The van der Waals surface area contributed by atoms with Gasteiger partial charge in [-0.1, -0.05) is 91.0 Å². The van der Waals surface area contributed by atoms with Crippen LogP contribution < -0.4 is 0 Å². The van der Waals surface area contributed by atoms with Gasteiger partial charge in [0.05, 0.1) is 33.1 Å². The Kier molecular flexibility index (Phi) is 6.63. The molecule has 0 saturated heterocycles. The molecule has 0 bridgehead atoms. The van der Waals surface area contributed by atoms with Gasteiger partial charge in [0.2, 0.25) is 0 Å². The second-order valence-electron chi connectivity index (χ2n) is 12.2. The van der Waals surface area contributed by atoms with Gasteiger partial charge in [0, 0.05) is 17.1 Å². The minimum absolute atomic E-state index is 0.459. The summed E-state index contributed by atoms with van der Waals surface area (Å²) in [5.74, 6) is 2.46. The fraction of sp³-hybridized carbons (Fsp3) is 0. The lowest BCUT2D eigenvalue weighted by Gasteiger charge is -2.14. The van der Waals surface area contributed by atoms with Crippen molar-refractivity contribution >= 4 is 33.1 Å². The van der Waals surface area contributed by atoms with E-state index in [-0.39, 0.29) is 0 Å². The van der Waals surface area contributed by atoms with Gasteiger partial charge in [0.15, 0.2) is 23.3 Å². The number of benzene rings is 6. The maximum atomic E-state index is 5.30. The minimum atomic E-state index is 0.459. The van der Waals surface area contributed by atoms with Crippen molar-refractivity contribution in [3.05, 3.63) is 170 Å². The van der Waals surface area contributed by atoms with E-state index in [1.54, 1.807) is 0 Å². The third-order valence-corrected chi connectivity index (χ3v) is 9.11. The Morgan fingerprint density at radius 2 is 0.608 bits per heavy atom. The molecule has 8 nitrogen and oxygen atoms in total. The number of rotatable bonds is 6. The average molecular weight is 657 g/mol. The molecule has 0 aliphatic heterocycles. The molecular weight excluding hydrogens is 629 g/mol. The SMILES string of the molecule is c1ccc(-n2c(-c3cc(-c4nc5ccccc5n4-c4ccccc4)nc(-c4nc5ccccc5n4-c4ccccc4)n3)nc3ccccc32)cc1. The summed E-state index contributed by atoms with van der Waals surface area (Å²) < 4.78 is 6.44. The number of hydrogen-bond donors (Lipinski definition) is 0. The highest BCUT2D eigenvalue weighted by Gasteiger charge is 2.24. The van der Waals surface area contributed by atoms with Crippen molar-refractivity contribution in [2.45, 2.75) is 0 Å². The first-order valence-corrected chi connectivity index (χ1v) is 16.8. The van der Waals surface area contributed by atoms with Gasteiger partial charge < -0.3 is 0 Å². The normalized spacial score (nSPS) is 11.5. The van der Waals surface area contributed by atoms with Crippen molar-refractivity contribution < 1.29 is 0 Å². The Morgan fingerprint density at radius 3 is 1.00 bits per heavy atom. The Bertz CT molecular complexity index is 2530. The molecule has 0 spiro atoms. The van der Waals surface area contributed by atoms with Crippen LogP contribution in [0.3, 0.4) is 0 Å². The van der Waals surface area contributed by atoms with E-state index >= 15 is 0 Å². The van der Waals surface area contributed by atoms with E-state index in [1.165, 1.54) is 0 Å². The van der Waals surface area contributed by atoms with Crippen LogP contribution in [0.4, 0.5) is 0 Å². The molecule has 0 radical (unpaired) electrons. The molecular formula is C43H28N8. The Hall–Kier alpha value is -7.19. The zero-order valence-corrected chi connectivity index (χ0v) is 27.2. The van der Waals surface area contributed by atoms with Crippen molar-refractivity contribution in [1.82, 2.24) is 38.6 Å². The summed E-state index contributed by atoms with van der Waals surface area (Å²) in [6, 6.07) is 57.2. The molecule has 4 heterocycles. The molecule has 0 aliphatic rings. The molecule has 0 amide bonds. The van der Waals surface area contributed by atoms with Gasteiger partial charge in [0.25, 0.3) is 0 Å². The van der Waals surface area contributed by atoms with E-state index in [4.69, 9.17) is 24.9 Å². The van der Waals surface area contributed by atoms with Gasteiger partial charge >= 0.3 is 0 Å². The molecule has 8 heteroatoms. The highest BCUT2D eigenvalue weighted by atomic mass is 15.2. The molecule has 51 heavy (non-hydrogen) atoms. The lowest BCUT2D eigenvalue weighted by atomic mass is 10.2. The average Bonchev–Trinajstić information content (AvgIpc) is 3.91. The summed E-state index contributed by atoms with van der Waals surface area (Å²) in [7, 11) is 0.